The van der Waals surface area contributed by atoms with Crippen LogP contribution >= 0.6 is 11.8 Å². The molecule has 0 aromatic carbocycles. The number of hydrogen-bond donors (Lipinski definition) is 1. The quantitative estimate of drug-likeness (QED) is 0.415. The summed E-state index contributed by atoms with van der Waals surface area (Å²) in [6.45, 7) is 3.65. The number of carboxylic acid groups (broad SMARTS) is 1. The lowest BCUT2D eigenvalue weighted by molar-refractivity contribution is -0.301. The van der Waals surface area contributed by atoms with Crippen LogP contribution in [-0.2, 0) is 14.4 Å². The molecule has 0 spiro atoms. The number of aliphatic carboxylic acids is 1. The van der Waals surface area contributed by atoms with Gasteiger partial charge >= 0.3 is 0 Å². The summed E-state index contributed by atoms with van der Waals surface area (Å²) < 4.78 is 0. The fourth-order valence-electron chi connectivity index (χ4n) is 2.42. The molecular formula is C13H15N2O4S-. The number of nitrogens with zero attached hydrogens (tertiary/aromatic N) is 1. The maximum atomic E-state index is 11.8. The van der Waals surface area contributed by atoms with Crippen LogP contribution in [0.25, 0.3) is 0 Å². The van der Waals surface area contributed by atoms with Crippen LogP contribution in [-0.4, -0.2) is 41.0 Å². The molecule has 0 unspecified atom stereocenters. The van der Waals surface area contributed by atoms with Crippen LogP contribution in [0.15, 0.2) is 22.3 Å². The first-order valence-electron chi connectivity index (χ1n) is 6.28. The molecule has 7 heteroatoms. The Kier molecular flexibility index (Phi) is 4.17. The lowest BCUT2D eigenvalue weighted by Crippen LogP contribution is -2.53. The van der Waals surface area contributed by atoms with E-state index < -0.39 is 5.97 Å². The molecule has 20 heavy (non-hydrogen) atoms. The Morgan fingerprint density at radius 2 is 2.25 bits per heavy atom. The molecule has 2 amide bonds. The third-order valence-corrected chi connectivity index (χ3v) is 4.39. The minimum atomic E-state index is -1.32. The number of β-lactam (4-membered cyclic amide) rings is 1. The van der Waals surface area contributed by atoms with E-state index in [9.17, 15) is 19.5 Å². The van der Waals surface area contributed by atoms with Gasteiger partial charge in [-0.15, -0.1) is 11.8 Å². The third kappa shape index (κ3) is 2.45. The average Bonchev–Trinajstić information content (AvgIpc) is 2.70. The Labute approximate surface area is 120 Å². The summed E-state index contributed by atoms with van der Waals surface area (Å²) in [4.78, 5) is 35.7. The van der Waals surface area contributed by atoms with Gasteiger partial charge in [-0.3, -0.25) is 14.5 Å². The van der Waals surface area contributed by atoms with Crippen molar-refractivity contribution in [3.05, 3.63) is 22.3 Å². The maximum absolute atomic E-state index is 11.8. The van der Waals surface area contributed by atoms with E-state index in [1.54, 1.807) is 13.0 Å². The Bertz CT molecular complexity index is 538. The number of amides is 2. The van der Waals surface area contributed by atoms with Crippen molar-refractivity contribution in [2.24, 2.45) is 0 Å². The highest BCUT2D eigenvalue weighted by molar-refractivity contribution is 8.03. The lowest BCUT2D eigenvalue weighted by atomic mass is 9.94. The zero-order valence-electron chi connectivity index (χ0n) is 11.3. The summed E-state index contributed by atoms with van der Waals surface area (Å²) in [5.41, 5.74) is 0.639. The number of hydrogen-bond acceptors (Lipinski definition) is 5. The summed E-state index contributed by atoms with van der Waals surface area (Å²) in [5.74, 6) is -1.14. The van der Waals surface area contributed by atoms with E-state index in [0.717, 1.165) is 0 Å². The number of allylic oxidation sites excluding steroid dienone is 1. The van der Waals surface area contributed by atoms with E-state index in [1.807, 2.05) is 0 Å². The van der Waals surface area contributed by atoms with Gasteiger partial charge in [0, 0.05) is 36.1 Å². The van der Waals surface area contributed by atoms with Gasteiger partial charge in [0.25, 0.3) is 5.91 Å². The van der Waals surface area contributed by atoms with Gasteiger partial charge in [0.2, 0.25) is 5.91 Å². The highest BCUT2D eigenvalue weighted by Crippen LogP contribution is 2.45. The van der Waals surface area contributed by atoms with Crippen molar-refractivity contribution in [1.29, 1.82) is 0 Å². The molecule has 1 fully saturated rings. The molecule has 108 valence electrons. The van der Waals surface area contributed by atoms with Gasteiger partial charge in [-0.25, -0.2) is 0 Å². The normalized spacial score (nSPS) is 22.9. The maximum Gasteiger partial charge on any atom is 0.256 e. The van der Waals surface area contributed by atoms with Crippen molar-refractivity contribution < 1.29 is 19.5 Å². The van der Waals surface area contributed by atoms with Crippen LogP contribution in [0, 0.1) is 0 Å². The van der Waals surface area contributed by atoms with Gasteiger partial charge in [-0.2, -0.15) is 0 Å². The van der Waals surface area contributed by atoms with Crippen molar-refractivity contribution in [2.45, 2.75) is 26.3 Å². The van der Waals surface area contributed by atoms with Gasteiger partial charge in [-0.1, -0.05) is 6.08 Å². The first kappa shape index (κ1) is 14.6. The first-order valence-corrected chi connectivity index (χ1v) is 7.27. The van der Waals surface area contributed by atoms with Gasteiger partial charge < -0.3 is 15.2 Å². The fraction of sp³-hybridized carbons (Fsp3) is 0.462. The predicted octanol–water partition coefficient (Wildman–Crippen LogP) is -0.622. The number of carbonyl (C=O) groups is 3. The Balaban J connectivity index is 2.06. The lowest BCUT2D eigenvalue weighted by Gasteiger charge is -2.39. The van der Waals surface area contributed by atoms with Crippen LogP contribution in [0.5, 0.6) is 0 Å². The zero-order chi connectivity index (χ0) is 14.9. The second-order valence-electron chi connectivity index (χ2n) is 4.53. The molecule has 0 aliphatic carbocycles. The molecule has 1 saturated heterocycles. The van der Waals surface area contributed by atoms with Crippen molar-refractivity contribution >= 4 is 29.5 Å². The summed E-state index contributed by atoms with van der Waals surface area (Å²) >= 11 is 1.35. The highest BCUT2D eigenvalue weighted by atomic mass is 32.2. The SMILES string of the molecule is C/C=C1\C(=O)N2C(C(=O)[O-])=C(SCCNC(C)=O)C[C@H]12. The van der Waals surface area contributed by atoms with E-state index in [-0.39, 0.29) is 23.6 Å². The summed E-state index contributed by atoms with van der Waals surface area (Å²) in [6.07, 6.45) is 2.24. The second kappa shape index (κ2) is 5.70. The van der Waals surface area contributed by atoms with E-state index in [4.69, 9.17) is 0 Å². The van der Waals surface area contributed by atoms with E-state index >= 15 is 0 Å². The Morgan fingerprint density at radius 1 is 1.55 bits per heavy atom. The molecule has 0 aromatic rings. The third-order valence-electron chi connectivity index (χ3n) is 3.28. The number of carbonyl (C=O) groups excluding carboxylic acids is 3. The van der Waals surface area contributed by atoms with Gasteiger partial charge in [-0.05, 0) is 6.92 Å². The van der Waals surface area contributed by atoms with Crippen LogP contribution in [0.4, 0.5) is 0 Å². The number of nitrogens with one attached hydrogen (secondary N) is 1. The Morgan fingerprint density at radius 3 is 2.80 bits per heavy atom. The molecule has 2 aliphatic rings. The molecule has 0 aromatic heterocycles. The van der Waals surface area contributed by atoms with E-state index in [1.165, 1.54) is 23.6 Å². The minimum Gasteiger partial charge on any atom is -0.543 e. The van der Waals surface area contributed by atoms with Crippen molar-refractivity contribution in [3.63, 3.8) is 0 Å². The molecule has 0 saturated carbocycles. The number of rotatable bonds is 5. The first-order chi connectivity index (χ1) is 9.47. The number of fused-ring (bicyclic) bond motifs is 1. The highest BCUT2D eigenvalue weighted by Gasteiger charge is 2.49. The number of carboxylic acids is 1. The molecule has 1 N–H and O–H groups in total. The Hall–Kier alpha value is -1.76. The van der Waals surface area contributed by atoms with Gasteiger partial charge in [0.15, 0.2) is 0 Å². The largest absolute Gasteiger partial charge is 0.543 e. The summed E-state index contributed by atoms with van der Waals surface area (Å²) in [7, 11) is 0. The molecule has 1 atom stereocenters. The molecular weight excluding hydrogens is 280 g/mol. The molecule has 2 heterocycles. The second-order valence-corrected chi connectivity index (χ2v) is 5.72. The van der Waals surface area contributed by atoms with E-state index in [0.29, 0.717) is 29.2 Å². The average molecular weight is 295 g/mol. The molecule has 0 radical (unpaired) electrons. The zero-order valence-corrected chi connectivity index (χ0v) is 12.1. The van der Waals surface area contributed by atoms with Crippen LogP contribution in [0.1, 0.15) is 20.3 Å². The minimum absolute atomic E-state index is 0.0153. The standard InChI is InChI=1S/C13H16N2O4S/c1-3-8-9-6-10(20-5-4-14-7(2)16)11(13(18)19)15(9)12(8)17/h3,9H,4-6H2,1-2H3,(H,14,16)(H,18,19)/p-1/b8-3-/t9-/m1/s1. The molecule has 2 aliphatic heterocycles. The fourth-order valence-corrected chi connectivity index (χ4v) is 3.46. The predicted molar refractivity (Wildman–Crippen MR) is 72.2 cm³/mol. The van der Waals surface area contributed by atoms with Gasteiger partial charge in [0.05, 0.1) is 17.7 Å². The monoisotopic (exact) mass is 295 g/mol. The van der Waals surface area contributed by atoms with Crippen LogP contribution in [0.2, 0.25) is 0 Å². The molecule has 2 rings (SSSR count). The van der Waals surface area contributed by atoms with E-state index in [2.05, 4.69) is 5.32 Å². The van der Waals surface area contributed by atoms with Crippen molar-refractivity contribution in [3.8, 4) is 0 Å². The molecule has 6 nitrogen and oxygen atoms in total. The summed E-state index contributed by atoms with van der Waals surface area (Å²) in [5, 5.41) is 13.9. The van der Waals surface area contributed by atoms with Crippen LogP contribution < -0.4 is 10.4 Å². The number of thioether (sulfide) groups is 1. The van der Waals surface area contributed by atoms with Crippen molar-refractivity contribution in [2.75, 3.05) is 12.3 Å². The topological polar surface area (TPSA) is 89.5 Å². The van der Waals surface area contributed by atoms with Crippen molar-refractivity contribution in [1.82, 2.24) is 10.2 Å². The summed E-state index contributed by atoms with van der Waals surface area (Å²) in [6, 6.07) is -0.163. The van der Waals surface area contributed by atoms with Crippen LogP contribution in [0.3, 0.4) is 0 Å². The smallest absolute Gasteiger partial charge is 0.256 e. The molecule has 0 bridgehead atoms. The van der Waals surface area contributed by atoms with Gasteiger partial charge in [0.1, 0.15) is 0 Å².